The molecule has 1 atom stereocenters. The Morgan fingerprint density at radius 2 is 1.29 bits per heavy atom. The highest BCUT2D eigenvalue weighted by Crippen LogP contribution is 2.24. The van der Waals surface area contributed by atoms with Crippen molar-refractivity contribution in [1.82, 2.24) is 9.97 Å². The van der Waals surface area contributed by atoms with E-state index in [1.165, 1.54) is 0 Å². The molecule has 0 unspecified atom stereocenters. The van der Waals surface area contributed by atoms with Gasteiger partial charge in [-0.3, -0.25) is 9.97 Å². The van der Waals surface area contributed by atoms with E-state index in [1.54, 1.807) is 0 Å². The average molecular weight is 192 g/mol. The summed E-state index contributed by atoms with van der Waals surface area (Å²) < 4.78 is 0. The van der Waals surface area contributed by atoms with Gasteiger partial charge in [0.1, 0.15) is 0 Å². The third-order valence-electron chi connectivity index (χ3n) is 2.95. The normalized spacial score (nSPS) is 13.4. The molecule has 1 aromatic rings. The summed E-state index contributed by atoms with van der Waals surface area (Å²) in [5, 5.41) is 0. The Kier molecular flexibility index (Phi) is 3.25. The molecular formula is C12H20N2. The largest absolute Gasteiger partial charge is 0.255 e. The van der Waals surface area contributed by atoms with E-state index in [1.807, 2.05) is 20.8 Å². The van der Waals surface area contributed by atoms with E-state index in [2.05, 4.69) is 30.7 Å². The minimum absolute atomic E-state index is 0.488. The van der Waals surface area contributed by atoms with Gasteiger partial charge in [0.25, 0.3) is 0 Å². The van der Waals surface area contributed by atoms with E-state index in [0.717, 1.165) is 22.8 Å². The summed E-state index contributed by atoms with van der Waals surface area (Å²) in [6, 6.07) is 0. The van der Waals surface area contributed by atoms with Gasteiger partial charge in [-0.05, 0) is 26.7 Å². The summed E-state index contributed by atoms with van der Waals surface area (Å²) in [4.78, 5) is 9.14. The molecule has 0 aliphatic carbocycles. The first-order valence-electron chi connectivity index (χ1n) is 5.25. The van der Waals surface area contributed by atoms with Gasteiger partial charge in [0.2, 0.25) is 0 Å². The molecule has 1 rings (SSSR count). The molecule has 1 aromatic heterocycles. The summed E-state index contributed by atoms with van der Waals surface area (Å²) in [7, 11) is 0. The first-order chi connectivity index (χ1) is 6.43. The summed E-state index contributed by atoms with van der Waals surface area (Å²) >= 11 is 0. The van der Waals surface area contributed by atoms with Crippen LogP contribution in [0, 0.1) is 26.7 Å². The molecule has 0 spiro atoms. The maximum Gasteiger partial charge on any atom is 0.0649 e. The second-order valence-corrected chi connectivity index (χ2v) is 4.40. The number of hydrogen-bond acceptors (Lipinski definition) is 2. The summed E-state index contributed by atoms with van der Waals surface area (Å²) in [6.45, 7) is 12.8. The van der Waals surface area contributed by atoms with Crippen LogP contribution in [0.15, 0.2) is 0 Å². The van der Waals surface area contributed by atoms with Gasteiger partial charge in [-0.2, -0.15) is 0 Å². The lowest BCUT2D eigenvalue weighted by Gasteiger charge is -2.17. The maximum atomic E-state index is 4.63. The SMILES string of the molecule is Cc1nc(C)c([C@H](C)C(C)C)nc1C. The van der Waals surface area contributed by atoms with Gasteiger partial charge in [-0.25, -0.2) is 0 Å². The predicted molar refractivity (Wildman–Crippen MR) is 59.5 cm³/mol. The Hall–Kier alpha value is -0.920. The highest BCUT2D eigenvalue weighted by molar-refractivity contribution is 5.20. The van der Waals surface area contributed by atoms with Crippen LogP contribution in [0.5, 0.6) is 0 Å². The first kappa shape index (κ1) is 11.2. The monoisotopic (exact) mass is 192 g/mol. The third-order valence-corrected chi connectivity index (χ3v) is 2.95. The second-order valence-electron chi connectivity index (χ2n) is 4.40. The lowest BCUT2D eigenvalue weighted by Crippen LogP contribution is -2.10. The number of nitrogens with zero attached hydrogens (tertiary/aromatic N) is 2. The molecule has 0 fully saturated rings. The van der Waals surface area contributed by atoms with Crippen LogP contribution < -0.4 is 0 Å². The fraction of sp³-hybridized carbons (Fsp3) is 0.667. The highest BCUT2D eigenvalue weighted by atomic mass is 14.8. The molecule has 0 N–H and O–H groups in total. The summed E-state index contributed by atoms with van der Waals surface area (Å²) in [5.41, 5.74) is 4.33. The van der Waals surface area contributed by atoms with Gasteiger partial charge in [-0.1, -0.05) is 20.8 Å². The molecule has 0 saturated heterocycles. The number of aromatic nitrogens is 2. The zero-order valence-electron chi connectivity index (χ0n) is 10.0. The molecule has 0 aromatic carbocycles. The molecular weight excluding hydrogens is 172 g/mol. The molecule has 2 heteroatoms. The average Bonchev–Trinajstić information content (AvgIpc) is 2.10. The molecule has 0 aliphatic rings. The maximum absolute atomic E-state index is 4.63. The predicted octanol–water partition coefficient (Wildman–Crippen LogP) is 3.16. The molecule has 0 bridgehead atoms. The van der Waals surface area contributed by atoms with Crippen molar-refractivity contribution in [2.24, 2.45) is 5.92 Å². The number of hydrogen-bond donors (Lipinski definition) is 0. The molecule has 14 heavy (non-hydrogen) atoms. The Morgan fingerprint density at radius 3 is 1.79 bits per heavy atom. The van der Waals surface area contributed by atoms with Crippen LogP contribution in [0.25, 0.3) is 0 Å². The van der Waals surface area contributed by atoms with Crippen molar-refractivity contribution in [3.05, 3.63) is 22.8 Å². The van der Waals surface area contributed by atoms with Gasteiger partial charge < -0.3 is 0 Å². The second kappa shape index (κ2) is 4.07. The fourth-order valence-corrected chi connectivity index (χ4v) is 1.48. The van der Waals surface area contributed by atoms with E-state index in [4.69, 9.17) is 0 Å². The van der Waals surface area contributed by atoms with E-state index in [9.17, 15) is 0 Å². The quantitative estimate of drug-likeness (QED) is 0.719. The van der Waals surface area contributed by atoms with Crippen LogP contribution in [0.4, 0.5) is 0 Å². The van der Waals surface area contributed by atoms with Crippen LogP contribution in [-0.2, 0) is 0 Å². The van der Waals surface area contributed by atoms with Gasteiger partial charge in [-0.15, -0.1) is 0 Å². The van der Waals surface area contributed by atoms with Crippen molar-refractivity contribution in [1.29, 1.82) is 0 Å². The zero-order chi connectivity index (χ0) is 10.9. The Balaban J connectivity index is 3.15. The molecule has 0 radical (unpaired) electrons. The minimum atomic E-state index is 0.488. The smallest absolute Gasteiger partial charge is 0.0649 e. The first-order valence-corrected chi connectivity index (χ1v) is 5.25. The van der Waals surface area contributed by atoms with E-state index in [-0.39, 0.29) is 0 Å². The van der Waals surface area contributed by atoms with E-state index < -0.39 is 0 Å². The van der Waals surface area contributed by atoms with Crippen molar-refractivity contribution >= 4 is 0 Å². The van der Waals surface area contributed by atoms with Crippen molar-refractivity contribution in [2.75, 3.05) is 0 Å². The van der Waals surface area contributed by atoms with Crippen LogP contribution >= 0.6 is 0 Å². The van der Waals surface area contributed by atoms with Gasteiger partial charge in [0.15, 0.2) is 0 Å². The molecule has 0 saturated carbocycles. The molecule has 0 aliphatic heterocycles. The van der Waals surface area contributed by atoms with Gasteiger partial charge in [0, 0.05) is 5.92 Å². The minimum Gasteiger partial charge on any atom is -0.255 e. The van der Waals surface area contributed by atoms with Crippen LogP contribution in [0.2, 0.25) is 0 Å². The lowest BCUT2D eigenvalue weighted by atomic mass is 9.93. The highest BCUT2D eigenvalue weighted by Gasteiger charge is 2.15. The Bertz CT molecular complexity index is 329. The lowest BCUT2D eigenvalue weighted by molar-refractivity contribution is 0.517. The zero-order valence-corrected chi connectivity index (χ0v) is 10.0. The van der Waals surface area contributed by atoms with Crippen molar-refractivity contribution < 1.29 is 0 Å². The van der Waals surface area contributed by atoms with E-state index in [0.29, 0.717) is 11.8 Å². The fourth-order valence-electron chi connectivity index (χ4n) is 1.48. The Labute approximate surface area is 86.8 Å². The Morgan fingerprint density at radius 1 is 0.786 bits per heavy atom. The van der Waals surface area contributed by atoms with E-state index >= 15 is 0 Å². The molecule has 0 amide bonds. The third kappa shape index (κ3) is 2.11. The van der Waals surface area contributed by atoms with Gasteiger partial charge >= 0.3 is 0 Å². The van der Waals surface area contributed by atoms with Crippen molar-refractivity contribution in [2.45, 2.75) is 47.5 Å². The standard InChI is InChI=1S/C12H20N2/c1-7(2)8(3)12-11(6)13-9(4)10(5)14-12/h7-8H,1-6H3/t8-/m1/s1. The summed E-state index contributed by atoms with van der Waals surface area (Å²) in [5.74, 6) is 1.10. The van der Waals surface area contributed by atoms with Gasteiger partial charge in [0.05, 0.1) is 22.8 Å². The van der Waals surface area contributed by atoms with Crippen LogP contribution in [0.1, 0.15) is 49.5 Å². The van der Waals surface area contributed by atoms with Crippen molar-refractivity contribution in [3.63, 3.8) is 0 Å². The summed E-state index contributed by atoms with van der Waals surface area (Å²) in [6.07, 6.45) is 0. The molecule has 78 valence electrons. The molecule has 2 nitrogen and oxygen atoms in total. The number of aryl methyl sites for hydroxylation is 3. The molecule has 1 heterocycles. The van der Waals surface area contributed by atoms with Crippen molar-refractivity contribution in [3.8, 4) is 0 Å². The topological polar surface area (TPSA) is 25.8 Å². The van der Waals surface area contributed by atoms with Crippen LogP contribution in [-0.4, -0.2) is 9.97 Å². The number of rotatable bonds is 2. The van der Waals surface area contributed by atoms with Crippen LogP contribution in [0.3, 0.4) is 0 Å².